The fourth-order valence-electron chi connectivity index (χ4n) is 4.81. The lowest BCUT2D eigenvalue weighted by Gasteiger charge is -2.47. The molecule has 0 heterocycles. The van der Waals surface area contributed by atoms with E-state index in [9.17, 15) is 0 Å². The minimum atomic E-state index is 0.429. The molecule has 0 aliphatic heterocycles. The average Bonchev–Trinajstić information content (AvgIpc) is 2.33. The Hall–Kier alpha value is -0.0400. The lowest BCUT2D eigenvalue weighted by Crippen LogP contribution is -2.49. The molecule has 1 heteroatoms. The van der Waals surface area contributed by atoms with Gasteiger partial charge in [0, 0.05) is 5.54 Å². The number of hydrogen-bond acceptors (Lipinski definition) is 1. The summed E-state index contributed by atoms with van der Waals surface area (Å²) in [6.07, 6.45) is 15.8. The zero-order valence-corrected chi connectivity index (χ0v) is 14.2. The van der Waals surface area contributed by atoms with Crippen molar-refractivity contribution in [3.05, 3.63) is 0 Å². The summed E-state index contributed by atoms with van der Waals surface area (Å²) in [4.78, 5) is 0. The van der Waals surface area contributed by atoms with Crippen LogP contribution in [0.25, 0.3) is 0 Å². The topological polar surface area (TPSA) is 12.0 Å². The van der Waals surface area contributed by atoms with E-state index < -0.39 is 0 Å². The van der Waals surface area contributed by atoms with Gasteiger partial charge >= 0.3 is 0 Å². The van der Waals surface area contributed by atoms with Gasteiger partial charge in [-0.05, 0) is 69.7 Å². The standard InChI is InChI=1S/C19H37N/c1-4-5-6-7-8-9-10-20-19(3)14-16(2)11-17-12-18(13-17)15-19/h16-18,20H,4-15H2,1-3H3. The van der Waals surface area contributed by atoms with E-state index >= 15 is 0 Å². The van der Waals surface area contributed by atoms with Gasteiger partial charge in [-0.15, -0.1) is 0 Å². The fraction of sp³-hybridized carbons (Fsp3) is 1.00. The number of hydrogen-bond donors (Lipinski definition) is 1. The van der Waals surface area contributed by atoms with Gasteiger partial charge in [-0.1, -0.05) is 46.0 Å². The molecule has 20 heavy (non-hydrogen) atoms. The first-order valence-corrected chi connectivity index (χ1v) is 9.36. The first kappa shape index (κ1) is 16.3. The van der Waals surface area contributed by atoms with Crippen LogP contribution in [-0.2, 0) is 0 Å². The smallest absolute Gasteiger partial charge is 0.0158 e. The lowest BCUT2D eigenvalue weighted by molar-refractivity contribution is 0.0709. The van der Waals surface area contributed by atoms with Gasteiger partial charge in [0.25, 0.3) is 0 Å². The van der Waals surface area contributed by atoms with Crippen LogP contribution in [0.1, 0.15) is 91.4 Å². The lowest BCUT2D eigenvalue weighted by atomic mass is 9.62. The summed E-state index contributed by atoms with van der Waals surface area (Å²) in [6.45, 7) is 8.51. The Bertz CT molecular complexity index is 265. The van der Waals surface area contributed by atoms with Crippen molar-refractivity contribution < 1.29 is 0 Å². The second-order valence-electron chi connectivity index (χ2n) is 8.21. The van der Waals surface area contributed by atoms with Crippen molar-refractivity contribution in [3.8, 4) is 0 Å². The summed E-state index contributed by atoms with van der Waals surface area (Å²) in [5.74, 6) is 3.04. The Labute approximate surface area is 127 Å². The van der Waals surface area contributed by atoms with Gasteiger partial charge in [-0.25, -0.2) is 0 Å². The summed E-state index contributed by atoms with van der Waals surface area (Å²) in [7, 11) is 0. The first-order valence-electron chi connectivity index (χ1n) is 9.36. The van der Waals surface area contributed by atoms with Gasteiger partial charge in [0.2, 0.25) is 0 Å². The number of rotatable bonds is 8. The molecule has 3 aliphatic carbocycles. The zero-order chi connectivity index (χ0) is 14.4. The molecule has 1 N–H and O–H groups in total. The van der Waals surface area contributed by atoms with Crippen LogP contribution in [0.2, 0.25) is 0 Å². The second kappa shape index (κ2) is 7.82. The molecule has 0 aromatic carbocycles. The highest BCUT2D eigenvalue weighted by Crippen LogP contribution is 2.46. The predicted octanol–water partition coefficient (Wildman–Crippen LogP) is 5.54. The SMILES string of the molecule is CCCCCCCCNC1(C)CC(C)CC2CC(C2)C1. The maximum atomic E-state index is 3.94. The normalized spacial score (nSPS) is 37.0. The molecular formula is C19H37N. The van der Waals surface area contributed by atoms with E-state index in [0.717, 1.165) is 17.8 Å². The van der Waals surface area contributed by atoms with Gasteiger partial charge < -0.3 is 5.32 Å². The fourth-order valence-corrected chi connectivity index (χ4v) is 4.81. The summed E-state index contributed by atoms with van der Waals surface area (Å²) in [6, 6.07) is 0. The van der Waals surface area contributed by atoms with E-state index in [1.54, 1.807) is 0 Å². The number of nitrogens with one attached hydrogen (secondary N) is 1. The second-order valence-corrected chi connectivity index (χ2v) is 8.21. The minimum Gasteiger partial charge on any atom is -0.311 e. The molecule has 0 amide bonds. The molecule has 118 valence electrons. The molecule has 0 saturated heterocycles. The quantitative estimate of drug-likeness (QED) is 0.575. The Morgan fingerprint density at radius 1 is 0.900 bits per heavy atom. The monoisotopic (exact) mass is 279 g/mol. The van der Waals surface area contributed by atoms with Gasteiger partial charge in [0.05, 0.1) is 0 Å². The first-order chi connectivity index (χ1) is 9.61. The van der Waals surface area contributed by atoms with Gasteiger partial charge in [0.15, 0.2) is 0 Å². The van der Waals surface area contributed by atoms with E-state index in [0.29, 0.717) is 5.54 Å². The summed E-state index contributed by atoms with van der Waals surface area (Å²) < 4.78 is 0. The van der Waals surface area contributed by atoms with Gasteiger partial charge in [-0.2, -0.15) is 0 Å². The number of fused-ring (bicyclic) bond motifs is 4. The minimum absolute atomic E-state index is 0.429. The Balaban J connectivity index is 1.64. The van der Waals surface area contributed by atoms with Crippen molar-refractivity contribution in [1.29, 1.82) is 0 Å². The van der Waals surface area contributed by atoms with Crippen LogP contribution in [-0.4, -0.2) is 12.1 Å². The molecule has 0 aromatic heterocycles. The Morgan fingerprint density at radius 2 is 1.60 bits per heavy atom. The molecule has 3 fully saturated rings. The van der Waals surface area contributed by atoms with Crippen molar-refractivity contribution in [2.24, 2.45) is 17.8 Å². The molecule has 3 aliphatic rings. The molecule has 3 saturated carbocycles. The Kier molecular flexibility index (Phi) is 6.39. The van der Waals surface area contributed by atoms with E-state index in [1.807, 2.05) is 0 Å². The molecule has 2 unspecified atom stereocenters. The van der Waals surface area contributed by atoms with Crippen molar-refractivity contribution in [2.75, 3.05) is 6.54 Å². The summed E-state index contributed by atoms with van der Waals surface area (Å²) in [5, 5.41) is 3.94. The molecule has 1 nitrogen and oxygen atoms in total. The molecule has 3 rings (SSSR count). The molecular weight excluding hydrogens is 242 g/mol. The van der Waals surface area contributed by atoms with Crippen molar-refractivity contribution in [3.63, 3.8) is 0 Å². The van der Waals surface area contributed by atoms with Crippen LogP contribution < -0.4 is 5.32 Å². The van der Waals surface area contributed by atoms with Crippen LogP contribution in [0.5, 0.6) is 0 Å². The maximum Gasteiger partial charge on any atom is 0.0158 e. The van der Waals surface area contributed by atoms with Crippen LogP contribution in [0.3, 0.4) is 0 Å². The predicted molar refractivity (Wildman–Crippen MR) is 89.0 cm³/mol. The molecule has 2 bridgehead atoms. The van der Waals surface area contributed by atoms with Crippen LogP contribution >= 0.6 is 0 Å². The van der Waals surface area contributed by atoms with E-state index in [1.165, 1.54) is 77.2 Å². The third kappa shape index (κ3) is 5.06. The highest BCUT2D eigenvalue weighted by molar-refractivity contribution is 4.95. The highest BCUT2D eigenvalue weighted by atomic mass is 15.0. The largest absolute Gasteiger partial charge is 0.311 e. The van der Waals surface area contributed by atoms with Crippen molar-refractivity contribution >= 4 is 0 Å². The average molecular weight is 280 g/mol. The Morgan fingerprint density at radius 3 is 2.35 bits per heavy atom. The van der Waals surface area contributed by atoms with Crippen molar-refractivity contribution in [2.45, 2.75) is 96.9 Å². The molecule has 0 aromatic rings. The molecule has 2 atom stereocenters. The van der Waals surface area contributed by atoms with E-state index in [2.05, 4.69) is 26.1 Å². The molecule has 0 radical (unpaired) electrons. The third-order valence-corrected chi connectivity index (χ3v) is 5.69. The van der Waals surface area contributed by atoms with Crippen LogP contribution in [0, 0.1) is 17.8 Å². The van der Waals surface area contributed by atoms with Crippen LogP contribution in [0.15, 0.2) is 0 Å². The third-order valence-electron chi connectivity index (χ3n) is 5.69. The summed E-state index contributed by atoms with van der Waals surface area (Å²) in [5.41, 5.74) is 0.429. The van der Waals surface area contributed by atoms with Gasteiger partial charge in [-0.3, -0.25) is 0 Å². The van der Waals surface area contributed by atoms with Gasteiger partial charge in [0.1, 0.15) is 0 Å². The highest BCUT2D eigenvalue weighted by Gasteiger charge is 2.39. The maximum absolute atomic E-state index is 3.94. The summed E-state index contributed by atoms with van der Waals surface area (Å²) >= 11 is 0. The van der Waals surface area contributed by atoms with E-state index in [4.69, 9.17) is 0 Å². The van der Waals surface area contributed by atoms with Crippen LogP contribution in [0.4, 0.5) is 0 Å². The van der Waals surface area contributed by atoms with Crippen molar-refractivity contribution in [1.82, 2.24) is 5.32 Å². The van der Waals surface area contributed by atoms with E-state index in [-0.39, 0.29) is 0 Å². The number of unbranched alkanes of at least 4 members (excludes halogenated alkanes) is 5. The molecule has 0 spiro atoms. The zero-order valence-electron chi connectivity index (χ0n) is 14.2.